The van der Waals surface area contributed by atoms with Crippen molar-refractivity contribution in [2.24, 2.45) is 17.6 Å². The number of rotatable bonds is 4. The van der Waals surface area contributed by atoms with Gasteiger partial charge in [-0.3, -0.25) is 4.79 Å². The Kier molecular flexibility index (Phi) is 4.37. The van der Waals surface area contributed by atoms with Gasteiger partial charge in [0, 0.05) is 38.0 Å². The molecule has 1 aliphatic rings. The average molecular weight is 262 g/mol. The predicted octanol–water partition coefficient (Wildman–Crippen LogP) is 1.46. The Balaban J connectivity index is 2.04. The number of amides is 1. The molecule has 0 aliphatic heterocycles. The molecule has 2 rings (SSSR count). The molecular weight excluding hydrogens is 240 g/mol. The van der Waals surface area contributed by atoms with Crippen LogP contribution in [0.4, 0.5) is 11.5 Å². The molecule has 0 radical (unpaired) electrons. The van der Waals surface area contributed by atoms with Gasteiger partial charge in [-0.05, 0) is 31.4 Å². The molecule has 104 valence electrons. The second-order valence-electron chi connectivity index (χ2n) is 5.32. The summed E-state index contributed by atoms with van der Waals surface area (Å²) in [5.41, 5.74) is 6.52. The van der Waals surface area contributed by atoms with Gasteiger partial charge in [0.2, 0.25) is 5.91 Å². The van der Waals surface area contributed by atoms with E-state index in [1.54, 1.807) is 6.20 Å². The fraction of sp³-hybridized carbons (Fsp3) is 0.571. The number of carbonyl (C=O) groups is 1. The van der Waals surface area contributed by atoms with Crippen LogP contribution in [-0.4, -0.2) is 31.5 Å². The molecule has 0 aromatic carbocycles. The molecule has 0 unspecified atom stereocenters. The highest BCUT2D eigenvalue weighted by atomic mass is 16.1. The first kappa shape index (κ1) is 13.8. The van der Waals surface area contributed by atoms with E-state index in [2.05, 4.69) is 10.3 Å². The Bertz CT molecular complexity index is 447. The maximum absolute atomic E-state index is 12.3. The zero-order valence-electron chi connectivity index (χ0n) is 11.6. The number of hydrogen-bond donors (Lipinski definition) is 2. The average Bonchev–Trinajstić information content (AvgIpc) is 2.87. The summed E-state index contributed by atoms with van der Waals surface area (Å²) in [7, 11) is 3.85. The third kappa shape index (κ3) is 3.23. The normalized spacial score (nSPS) is 22.3. The summed E-state index contributed by atoms with van der Waals surface area (Å²) >= 11 is 0. The summed E-state index contributed by atoms with van der Waals surface area (Å²) in [5.74, 6) is 1.31. The van der Waals surface area contributed by atoms with Crippen molar-refractivity contribution in [3.05, 3.63) is 18.3 Å². The van der Waals surface area contributed by atoms with E-state index in [0.717, 1.165) is 30.8 Å². The Morgan fingerprint density at radius 1 is 1.53 bits per heavy atom. The first-order valence-corrected chi connectivity index (χ1v) is 6.76. The summed E-state index contributed by atoms with van der Waals surface area (Å²) < 4.78 is 0. The summed E-state index contributed by atoms with van der Waals surface area (Å²) in [6, 6.07) is 3.70. The SMILES string of the molecule is CN(C)c1cc(NC(=O)[C@@H]2CCC[C@@H]2CN)ccn1. The minimum absolute atomic E-state index is 0.0565. The van der Waals surface area contributed by atoms with E-state index >= 15 is 0 Å². The largest absolute Gasteiger partial charge is 0.363 e. The third-order valence-electron chi connectivity index (χ3n) is 3.77. The lowest BCUT2D eigenvalue weighted by Crippen LogP contribution is -2.29. The van der Waals surface area contributed by atoms with Crippen LogP contribution in [0.15, 0.2) is 18.3 Å². The van der Waals surface area contributed by atoms with E-state index in [-0.39, 0.29) is 11.8 Å². The highest BCUT2D eigenvalue weighted by molar-refractivity contribution is 5.93. The first-order valence-electron chi connectivity index (χ1n) is 6.76. The van der Waals surface area contributed by atoms with Crippen molar-refractivity contribution in [2.45, 2.75) is 19.3 Å². The Hall–Kier alpha value is -1.62. The minimum atomic E-state index is 0.0565. The zero-order valence-corrected chi connectivity index (χ0v) is 11.6. The number of aromatic nitrogens is 1. The standard InChI is InChI=1S/C14H22N4O/c1-18(2)13-8-11(6-7-16-13)17-14(19)12-5-3-4-10(12)9-15/h6-8,10,12H,3-5,9,15H2,1-2H3,(H,16,17,19)/t10-,12-/m1/s1. The molecule has 19 heavy (non-hydrogen) atoms. The second-order valence-corrected chi connectivity index (χ2v) is 5.32. The van der Waals surface area contributed by atoms with Crippen LogP contribution in [0, 0.1) is 11.8 Å². The third-order valence-corrected chi connectivity index (χ3v) is 3.77. The van der Waals surface area contributed by atoms with Gasteiger partial charge < -0.3 is 16.0 Å². The molecule has 0 saturated heterocycles. The molecule has 1 aliphatic carbocycles. The second kappa shape index (κ2) is 6.02. The smallest absolute Gasteiger partial charge is 0.227 e. The van der Waals surface area contributed by atoms with Crippen molar-refractivity contribution in [2.75, 3.05) is 30.9 Å². The molecule has 3 N–H and O–H groups in total. The molecule has 1 aromatic heterocycles. The van der Waals surface area contributed by atoms with Crippen LogP contribution in [0.5, 0.6) is 0 Å². The quantitative estimate of drug-likeness (QED) is 0.861. The summed E-state index contributed by atoms with van der Waals surface area (Å²) in [4.78, 5) is 18.4. The summed E-state index contributed by atoms with van der Waals surface area (Å²) in [6.07, 6.45) is 4.81. The molecule has 1 saturated carbocycles. The van der Waals surface area contributed by atoms with E-state index < -0.39 is 0 Å². The monoisotopic (exact) mass is 262 g/mol. The number of hydrogen-bond acceptors (Lipinski definition) is 4. The Morgan fingerprint density at radius 2 is 2.32 bits per heavy atom. The van der Waals surface area contributed by atoms with Gasteiger partial charge in [-0.2, -0.15) is 0 Å². The van der Waals surface area contributed by atoms with Gasteiger partial charge in [0.1, 0.15) is 5.82 Å². The topological polar surface area (TPSA) is 71.2 Å². The fourth-order valence-corrected chi connectivity index (χ4v) is 2.64. The maximum Gasteiger partial charge on any atom is 0.227 e. The van der Waals surface area contributed by atoms with Crippen molar-refractivity contribution >= 4 is 17.4 Å². The van der Waals surface area contributed by atoms with Crippen molar-refractivity contribution in [1.29, 1.82) is 0 Å². The van der Waals surface area contributed by atoms with Gasteiger partial charge in [-0.25, -0.2) is 4.98 Å². The molecule has 5 heteroatoms. The first-order chi connectivity index (χ1) is 9.11. The van der Waals surface area contributed by atoms with Crippen molar-refractivity contribution in [1.82, 2.24) is 4.98 Å². The maximum atomic E-state index is 12.3. The fourth-order valence-electron chi connectivity index (χ4n) is 2.64. The Morgan fingerprint density at radius 3 is 3.00 bits per heavy atom. The number of anilines is 2. The van der Waals surface area contributed by atoms with Crippen LogP contribution >= 0.6 is 0 Å². The highest BCUT2D eigenvalue weighted by Gasteiger charge is 2.31. The molecule has 0 bridgehead atoms. The summed E-state index contributed by atoms with van der Waals surface area (Å²) in [6.45, 7) is 0.595. The lowest BCUT2D eigenvalue weighted by molar-refractivity contribution is -0.120. The zero-order chi connectivity index (χ0) is 13.8. The molecule has 1 aromatic rings. The molecule has 1 heterocycles. The number of nitrogens with zero attached hydrogens (tertiary/aromatic N) is 2. The molecule has 1 fully saturated rings. The number of carbonyl (C=O) groups excluding carboxylic acids is 1. The van der Waals surface area contributed by atoms with Gasteiger partial charge in [-0.1, -0.05) is 6.42 Å². The molecule has 1 amide bonds. The number of nitrogens with one attached hydrogen (secondary N) is 1. The van der Waals surface area contributed by atoms with Crippen LogP contribution in [0.25, 0.3) is 0 Å². The molecule has 0 spiro atoms. The van der Waals surface area contributed by atoms with Crippen LogP contribution in [-0.2, 0) is 4.79 Å². The number of nitrogens with two attached hydrogens (primary N) is 1. The van der Waals surface area contributed by atoms with Crippen molar-refractivity contribution < 1.29 is 4.79 Å². The van der Waals surface area contributed by atoms with Crippen LogP contribution < -0.4 is 16.0 Å². The van der Waals surface area contributed by atoms with E-state index in [9.17, 15) is 4.79 Å². The highest BCUT2D eigenvalue weighted by Crippen LogP contribution is 2.31. The lowest BCUT2D eigenvalue weighted by Gasteiger charge is -2.18. The summed E-state index contributed by atoms with van der Waals surface area (Å²) in [5, 5.41) is 2.98. The van der Waals surface area contributed by atoms with Gasteiger partial charge in [0.15, 0.2) is 0 Å². The van der Waals surface area contributed by atoms with E-state index in [4.69, 9.17) is 5.73 Å². The number of pyridine rings is 1. The van der Waals surface area contributed by atoms with E-state index in [1.165, 1.54) is 0 Å². The van der Waals surface area contributed by atoms with Crippen LogP contribution in [0.1, 0.15) is 19.3 Å². The van der Waals surface area contributed by atoms with Gasteiger partial charge in [0.05, 0.1) is 0 Å². The molecule has 5 nitrogen and oxygen atoms in total. The predicted molar refractivity (Wildman–Crippen MR) is 77.1 cm³/mol. The van der Waals surface area contributed by atoms with E-state index in [0.29, 0.717) is 12.5 Å². The van der Waals surface area contributed by atoms with E-state index in [1.807, 2.05) is 31.1 Å². The van der Waals surface area contributed by atoms with Gasteiger partial charge >= 0.3 is 0 Å². The van der Waals surface area contributed by atoms with Gasteiger partial charge in [0.25, 0.3) is 0 Å². The van der Waals surface area contributed by atoms with Gasteiger partial charge in [-0.15, -0.1) is 0 Å². The van der Waals surface area contributed by atoms with Crippen molar-refractivity contribution in [3.8, 4) is 0 Å². The van der Waals surface area contributed by atoms with Crippen molar-refractivity contribution in [3.63, 3.8) is 0 Å². The Labute approximate surface area is 114 Å². The van der Waals surface area contributed by atoms with Crippen LogP contribution in [0.3, 0.4) is 0 Å². The molecular formula is C14H22N4O. The van der Waals surface area contributed by atoms with Crippen LogP contribution in [0.2, 0.25) is 0 Å². The minimum Gasteiger partial charge on any atom is -0.363 e. The molecule has 2 atom stereocenters. The lowest BCUT2D eigenvalue weighted by atomic mass is 9.95.